The Hall–Kier alpha value is 0.146. The second kappa shape index (κ2) is 4.91. The molecule has 1 rings (SSSR count). The van der Waals surface area contributed by atoms with E-state index in [2.05, 4.69) is 18.0 Å². The minimum absolute atomic E-state index is 0. The first-order valence-corrected chi connectivity index (χ1v) is 2.92. The maximum atomic E-state index is 8.54. The van der Waals surface area contributed by atoms with E-state index in [0.29, 0.717) is 11.3 Å². The molecule has 0 saturated carbocycles. The number of hydrogen-bond donors (Lipinski definition) is 0. The summed E-state index contributed by atoms with van der Waals surface area (Å²) < 4.78 is 0. The Bertz CT molecular complexity index is 289. The molecule has 1 aromatic heterocycles. The van der Waals surface area contributed by atoms with Crippen molar-refractivity contribution < 1.29 is 51.4 Å². The summed E-state index contributed by atoms with van der Waals surface area (Å²) in [6.45, 7) is 5.46. The van der Waals surface area contributed by atoms with Crippen LogP contribution in [0, 0.1) is 25.2 Å². The minimum Gasteiger partial charge on any atom is -0.295 e. The van der Waals surface area contributed by atoms with E-state index in [9.17, 15) is 0 Å². The van der Waals surface area contributed by atoms with E-state index >= 15 is 0 Å². The van der Waals surface area contributed by atoms with Crippen LogP contribution in [0.15, 0.2) is 12.3 Å². The number of pyridine rings is 1. The Morgan fingerprint density at radius 3 is 2.73 bits per heavy atom. The van der Waals surface area contributed by atoms with Crippen molar-refractivity contribution in [3.8, 4) is 6.07 Å². The van der Waals surface area contributed by atoms with Gasteiger partial charge in [0.05, 0.1) is 6.07 Å². The van der Waals surface area contributed by atoms with Crippen LogP contribution in [0.3, 0.4) is 0 Å². The topological polar surface area (TPSA) is 36.7 Å². The molecule has 0 aromatic carbocycles. The van der Waals surface area contributed by atoms with E-state index in [1.165, 1.54) is 0 Å². The summed E-state index contributed by atoms with van der Waals surface area (Å²) in [6, 6.07) is 3.73. The average Bonchev–Trinajstić information content (AvgIpc) is 1.94. The molecule has 0 atom stereocenters. The molecule has 50 valence electrons. The first-order valence-electron chi connectivity index (χ1n) is 2.92. The van der Waals surface area contributed by atoms with Crippen molar-refractivity contribution in [2.75, 3.05) is 0 Å². The fourth-order valence-corrected chi connectivity index (χ4v) is 0.687. The number of nitrogens with zero attached hydrogens (tertiary/aromatic N) is 2. The zero-order chi connectivity index (χ0) is 7.56. The fourth-order valence-electron chi connectivity index (χ4n) is 0.687. The van der Waals surface area contributed by atoms with Gasteiger partial charge in [-0.2, -0.15) is 11.3 Å². The van der Waals surface area contributed by atoms with Gasteiger partial charge in [-0.3, -0.25) is 4.98 Å². The molecule has 0 aliphatic rings. The van der Waals surface area contributed by atoms with E-state index in [1.54, 1.807) is 12.3 Å². The molecule has 0 radical (unpaired) electrons. The summed E-state index contributed by atoms with van der Waals surface area (Å²) >= 11 is 0. The molecule has 1 aromatic rings. The van der Waals surface area contributed by atoms with Gasteiger partial charge in [0.25, 0.3) is 0 Å². The quantitative estimate of drug-likeness (QED) is 0.349. The SMILES string of the molecule is [CH2-]c1cc(C#N)c(C)cn1.[K+]. The largest absolute Gasteiger partial charge is 1.00 e. The van der Waals surface area contributed by atoms with Gasteiger partial charge >= 0.3 is 51.4 Å². The van der Waals surface area contributed by atoms with Crippen molar-refractivity contribution in [3.05, 3.63) is 36.0 Å². The third-order valence-electron chi connectivity index (χ3n) is 1.28. The van der Waals surface area contributed by atoms with Crippen LogP contribution < -0.4 is 51.4 Å². The van der Waals surface area contributed by atoms with Crippen LogP contribution >= 0.6 is 0 Å². The van der Waals surface area contributed by atoms with E-state index in [-0.39, 0.29) is 51.4 Å². The molecule has 0 saturated heterocycles. The van der Waals surface area contributed by atoms with Crippen molar-refractivity contribution in [3.63, 3.8) is 0 Å². The smallest absolute Gasteiger partial charge is 0.295 e. The van der Waals surface area contributed by atoms with Gasteiger partial charge in [-0.15, -0.1) is 5.69 Å². The Kier molecular flexibility index (Phi) is 4.98. The van der Waals surface area contributed by atoms with Crippen molar-refractivity contribution in [1.29, 1.82) is 5.26 Å². The first kappa shape index (κ1) is 11.1. The number of hydrogen-bond acceptors (Lipinski definition) is 2. The standard InChI is InChI=1S/C8H7N2.K/c1-6-5-10-7(2)3-8(6)4-9;/h3,5H,2H2,1H3;/q-1;+1. The van der Waals surface area contributed by atoms with Gasteiger partial charge < -0.3 is 0 Å². The molecular weight excluding hydrogens is 163 g/mol. The van der Waals surface area contributed by atoms with Crippen molar-refractivity contribution >= 4 is 0 Å². The number of nitriles is 1. The second-order valence-corrected chi connectivity index (χ2v) is 2.10. The van der Waals surface area contributed by atoms with E-state index in [4.69, 9.17) is 5.26 Å². The molecule has 3 heteroatoms. The van der Waals surface area contributed by atoms with Crippen LogP contribution in [-0.4, -0.2) is 4.98 Å². The summed E-state index contributed by atoms with van der Waals surface area (Å²) in [7, 11) is 0. The molecule has 0 spiro atoms. The van der Waals surface area contributed by atoms with Crippen LogP contribution in [0.4, 0.5) is 0 Å². The average molecular weight is 170 g/mol. The monoisotopic (exact) mass is 170 g/mol. The fraction of sp³-hybridized carbons (Fsp3) is 0.125. The van der Waals surface area contributed by atoms with E-state index in [1.807, 2.05) is 6.92 Å². The maximum Gasteiger partial charge on any atom is 1.00 e. The van der Waals surface area contributed by atoms with Crippen LogP contribution in [0.2, 0.25) is 0 Å². The molecule has 0 bridgehead atoms. The first-order chi connectivity index (χ1) is 4.74. The molecule has 0 aliphatic carbocycles. The number of rotatable bonds is 0. The molecule has 1 heterocycles. The zero-order valence-corrected chi connectivity index (χ0v) is 9.88. The van der Waals surface area contributed by atoms with Gasteiger partial charge in [0.2, 0.25) is 0 Å². The van der Waals surface area contributed by atoms with Gasteiger partial charge in [0, 0.05) is 6.20 Å². The van der Waals surface area contributed by atoms with Crippen molar-refractivity contribution in [2.24, 2.45) is 0 Å². The molecule has 0 N–H and O–H groups in total. The van der Waals surface area contributed by atoms with Gasteiger partial charge in [0.1, 0.15) is 0 Å². The molecule has 0 unspecified atom stereocenters. The van der Waals surface area contributed by atoms with Gasteiger partial charge in [0.15, 0.2) is 0 Å². The molecule has 11 heavy (non-hydrogen) atoms. The van der Waals surface area contributed by atoms with Crippen LogP contribution in [-0.2, 0) is 0 Å². The van der Waals surface area contributed by atoms with Crippen LogP contribution in [0.25, 0.3) is 0 Å². The van der Waals surface area contributed by atoms with Crippen LogP contribution in [0.1, 0.15) is 16.8 Å². The molecule has 2 nitrogen and oxygen atoms in total. The van der Waals surface area contributed by atoms with Gasteiger partial charge in [-0.1, -0.05) is 0 Å². The van der Waals surface area contributed by atoms with E-state index < -0.39 is 0 Å². The summed E-state index contributed by atoms with van der Waals surface area (Å²) in [5, 5.41) is 8.54. The van der Waals surface area contributed by atoms with Gasteiger partial charge in [-0.25, -0.2) is 6.92 Å². The molecular formula is C8H7KN2. The maximum absolute atomic E-state index is 8.54. The third-order valence-corrected chi connectivity index (χ3v) is 1.28. The molecule has 0 aliphatic heterocycles. The second-order valence-electron chi connectivity index (χ2n) is 2.10. The zero-order valence-electron chi connectivity index (χ0n) is 6.76. The van der Waals surface area contributed by atoms with Crippen molar-refractivity contribution in [2.45, 2.75) is 6.92 Å². The van der Waals surface area contributed by atoms with Crippen LogP contribution in [0.5, 0.6) is 0 Å². The molecule has 0 amide bonds. The Morgan fingerprint density at radius 1 is 1.64 bits per heavy atom. The summed E-state index contributed by atoms with van der Waals surface area (Å²) in [5.74, 6) is 0. The van der Waals surface area contributed by atoms with E-state index in [0.717, 1.165) is 5.56 Å². The number of aromatic nitrogens is 1. The summed E-state index contributed by atoms with van der Waals surface area (Å²) in [6.07, 6.45) is 1.65. The predicted molar refractivity (Wildman–Crippen MR) is 38.1 cm³/mol. The summed E-state index contributed by atoms with van der Waals surface area (Å²) in [5.41, 5.74) is 2.19. The minimum atomic E-state index is 0. The Balaban J connectivity index is 0.000001000. The third kappa shape index (κ3) is 2.94. The normalized spacial score (nSPS) is 8.00. The Morgan fingerprint density at radius 2 is 2.27 bits per heavy atom. The Labute approximate surface area is 109 Å². The predicted octanol–water partition coefficient (Wildman–Crippen LogP) is -1.55. The number of aryl methyl sites for hydroxylation is 1. The van der Waals surface area contributed by atoms with Crippen molar-refractivity contribution in [1.82, 2.24) is 4.98 Å². The summed E-state index contributed by atoms with van der Waals surface area (Å²) in [4.78, 5) is 3.93. The molecule has 0 fully saturated rings. The van der Waals surface area contributed by atoms with Gasteiger partial charge in [-0.05, 0) is 18.1 Å².